The fourth-order valence-corrected chi connectivity index (χ4v) is 0.507. The minimum atomic E-state index is -0.918. The predicted molar refractivity (Wildman–Crippen MR) is 47.1 cm³/mol. The number of esters is 3. The number of carbonyl (C=O) groups is 3. The quantitative estimate of drug-likeness (QED) is 0.372. The minimum absolute atomic E-state index is 0.694. The number of rotatable bonds is 3. The van der Waals surface area contributed by atoms with Gasteiger partial charge in [0.15, 0.2) is 0 Å². The summed E-state index contributed by atoms with van der Waals surface area (Å²) in [5.74, 6) is -2.40. The van der Waals surface area contributed by atoms with Gasteiger partial charge in [0.05, 0.1) is 7.11 Å². The van der Waals surface area contributed by atoms with Crippen molar-refractivity contribution in [1.29, 1.82) is 0 Å². The molecule has 0 fully saturated rings. The van der Waals surface area contributed by atoms with Crippen molar-refractivity contribution in [3.63, 3.8) is 0 Å². The maximum absolute atomic E-state index is 10.8. The largest absolute Gasteiger partial charge is 0.466 e. The Morgan fingerprint density at radius 2 is 1.43 bits per heavy atom. The first-order valence-corrected chi connectivity index (χ1v) is 3.74. The molecule has 0 aliphatic heterocycles. The molecule has 0 heterocycles. The second kappa shape index (κ2) is 6.59. The van der Waals surface area contributed by atoms with E-state index in [0.717, 1.165) is 18.2 Å². The van der Waals surface area contributed by atoms with Gasteiger partial charge in [0.2, 0.25) is 0 Å². The average Bonchev–Trinajstić information content (AvgIpc) is 2.14. The van der Waals surface area contributed by atoms with Gasteiger partial charge in [0, 0.05) is 18.2 Å². The van der Waals surface area contributed by atoms with E-state index in [4.69, 9.17) is 0 Å². The Hall–Kier alpha value is -1.91. The van der Waals surface area contributed by atoms with Gasteiger partial charge in [-0.05, 0) is 6.92 Å². The second-order valence-corrected chi connectivity index (χ2v) is 2.10. The van der Waals surface area contributed by atoms with Gasteiger partial charge in [-0.15, -0.1) is 0 Å². The van der Waals surface area contributed by atoms with Crippen LogP contribution in [-0.4, -0.2) is 25.0 Å². The lowest BCUT2D eigenvalue weighted by Gasteiger charge is -1.93. The standard InChI is InChI=1S/C9H10O5/c1-3-4-8(11)14-9(12)6-5-7(10)13-2/h3-6H,1-2H3/b4-3+,6-5-. The highest BCUT2D eigenvalue weighted by molar-refractivity contribution is 5.99. The van der Waals surface area contributed by atoms with E-state index in [1.54, 1.807) is 6.92 Å². The van der Waals surface area contributed by atoms with Crippen molar-refractivity contribution in [2.45, 2.75) is 6.92 Å². The van der Waals surface area contributed by atoms with E-state index >= 15 is 0 Å². The third-order valence-corrected chi connectivity index (χ3v) is 1.06. The van der Waals surface area contributed by atoms with Crippen LogP contribution in [0.25, 0.3) is 0 Å². The topological polar surface area (TPSA) is 69.7 Å². The first-order chi connectivity index (χ1) is 6.60. The molecule has 0 aromatic heterocycles. The van der Waals surface area contributed by atoms with Crippen molar-refractivity contribution >= 4 is 17.9 Å². The number of hydrogen-bond donors (Lipinski definition) is 0. The summed E-state index contributed by atoms with van der Waals surface area (Å²) >= 11 is 0. The molecule has 0 bridgehead atoms. The predicted octanol–water partition coefficient (Wildman–Crippen LogP) is 0.361. The molecule has 0 saturated heterocycles. The lowest BCUT2D eigenvalue weighted by atomic mass is 10.5. The molecule has 0 spiro atoms. The molecule has 0 radical (unpaired) electrons. The van der Waals surface area contributed by atoms with E-state index in [-0.39, 0.29) is 0 Å². The van der Waals surface area contributed by atoms with Crippen molar-refractivity contribution in [3.05, 3.63) is 24.3 Å². The molecule has 76 valence electrons. The van der Waals surface area contributed by atoms with E-state index in [2.05, 4.69) is 9.47 Å². The van der Waals surface area contributed by atoms with Crippen molar-refractivity contribution in [3.8, 4) is 0 Å². The van der Waals surface area contributed by atoms with E-state index in [1.165, 1.54) is 13.2 Å². The van der Waals surface area contributed by atoms with Crippen molar-refractivity contribution < 1.29 is 23.9 Å². The van der Waals surface area contributed by atoms with Gasteiger partial charge in [-0.1, -0.05) is 6.08 Å². The number of hydrogen-bond acceptors (Lipinski definition) is 5. The zero-order valence-electron chi connectivity index (χ0n) is 7.85. The molecule has 0 unspecified atom stereocenters. The molecule has 0 atom stereocenters. The zero-order valence-corrected chi connectivity index (χ0v) is 7.85. The van der Waals surface area contributed by atoms with Crippen LogP contribution in [0.15, 0.2) is 24.3 Å². The Morgan fingerprint density at radius 1 is 0.929 bits per heavy atom. The number of ether oxygens (including phenoxy) is 2. The summed E-state index contributed by atoms with van der Waals surface area (Å²) in [6.45, 7) is 1.61. The molecule has 0 aromatic rings. The van der Waals surface area contributed by atoms with Gasteiger partial charge < -0.3 is 9.47 Å². The van der Waals surface area contributed by atoms with Crippen LogP contribution in [0.5, 0.6) is 0 Å². The molecular weight excluding hydrogens is 188 g/mol. The van der Waals surface area contributed by atoms with Crippen LogP contribution in [0.2, 0.25) is 0 Å². The SMILES string of the molecule is C/C=C/C(=O)OC(=O)/C=C\C(=O)OC. The molecule has 0 rings (SSSR count). The number of allylic oxidation sites excluding steroid dienone is 1. The van der Waals surface area contributed by atoms with Gasteiger partial charge in [-0.3, -0.25) is 0 Å². The molecule has 0 aliphatic rings. The Labute approximate surface area is 81.0 Å². The molecule has 0 saturated carbocycles. The molecule has 0 aromatic carbocycles. The van der Waals surface area contributed by atoms with E-state index < -0.39 is 17.9 Å². The molecular formula is C9H10O5. The first kappa shape index (κ1) is 12.1. The lowest BCUT2D eigenvalue weighted by molar-refractivity contribution is -0.152. The fourth-order valence-electron chi connectivity index (χ4n) is 0.507. The molecule has 5 heteroatoms. The van der Waals surface area contributed by atoms with Crippen molar-refractivity contribution in [2.24, 2.45) is 0 Å². The number of methoxy groups -OCH3 is 1. The van der Waals surface area contributed by atoms with Crippen LogP contribution < -0.4 is 0 Å². The van der Waals surface area contributed by atoms with Crippen LogP contribution in [0, 0.1) is 0 Å². The molecule has 5 nitrogen and oxygen atoms in total. The zero-order chi connectivity index (χ0) is 11.0. The van der Waals surface area contributed by atoms with E-state index in [1.807, 2.05) is 0 Å². The summed E-state index contributed by atoms with van der Waals surface area (Å²) in [4.78, 5) is 32.0. The highest BCUT2D eigenvalue weighted by Crippen LogP contribution is 1.86. The average molecular weight is 198 g/mol. The summed E-state index contributed by atoms with van der Waals surface area (Å²) in [5.41, 5.74) is 0. The monoisotopic (exact) mass is 198 g/mol. The third-order valence-electron chi connectivity index (χ3n) is 1.06. The maximum Gasteiger partial charge on any atom is 0.338 e. The van der Waals surface area contributed by atoms with Gasteiger partial charge in [0.1, 0.15) is 0 Å². The van der Waals surface area contributed by atoms with Gasteiger partial charge in [0.25, 0.3) is 0 Å². The van der Waals surface area contributed by atoms with E-state index in [0.29, 0.717) is 0 Å². The third kappa shape index (κ3) is 5.70. The van der Waals surface area contributed by atoms with Crippen LogP contribution >= 0.6 is 0 Å². The Kier molecular flexibility index (Phi) is 5.69. The summed E-state index contributed by atoms with van der Waals surface area (Å²) in [6, 6.07) is 0. The summed E-state index contributed by atoms with van der Waals surface area (Å²) in [5, 5.41) is 0. The van der Waals surface area contributed by atoms with Crippen LogP contribution in [0.4, 0.5) is 0 Å². The van der Waals surface area contributed by atoms with Crippen LogP contribution in [0.3, 0.4) is 0 Å². The molecule has 0 aliphatic carbocycles. The smallest absolute Gasteiger partial charge is 0.338 e. The maximum atomic E-state index is 10.8. The Bertz CT molecular complexity index is 288. The minimum Gasteiger partial charge on any atom is -0.466 e. The lowest BCUT2D eigenvalue weighted by Crippen LogP contribution is -2.07. The number of carbonyl (C=O) groups excluding carboxylic acids is 3. The molecule has 14 heavy (non-hydrogen) atoms. The Morgan fingerprint density at radius 3 is 1.93 bits per heavy atom. The summed E-state index contributed by atoms with van der Waals surface area (Å²) < 4.78 is 8.45. The first-order valence-electron chi connectivity index (χ1n) is 3.74. The highest BCUT2D eigenvalue weighted by atomic mass is 16.6. The van der Waals surface area contributed by atoms with Crippen molar-refractivity contribution in [2.75, 3.05) is 7.11 Å². The highest BCUT2D eigenvalue weighted by Gasteiger charge is 2.03. The van der Waals surface area contributed by atoms with Crippen LogP contribution in [0.1, 0.15) is 6.92 Å². The van der Waals surface area contributed by atoms with Gasteiger partial charge in [-0.2, -0.15) is 0 Å². The van der Waals surface area contributed by atoms with Gasteiger partial charge >= 0.3 is 17.9 Å². The fraction of sp³-hybridized carbons (Fsp3) is 0.222. The molecule has 0 amide bonds. The van der Waals surface area contributed by atoms with Gasteiger partial charge in [-0.25, -0.2) is 14.4 Å². The van der Waals surface area contributed by atoms with Crippen LogP contribution in [-0.2, 0) is 23.9 Å². The summed E-state index contributed by atoms with van der Waals surface area (Å²) in [6.07, 6.45) is 4.20. The van der Waals surface area contributed by atoms with Crippen molar-refractivity contribution in [1.82, 2.24) is 0 Å². The Balaban J connectivity index is 4.05. The summed E-state index contributed by atoms with van der Waals surface area (Å²) in [7, 11) is 1.17. The normalized spacial score (nSPS) is 10.4. The molecule has 0 N–H and O–H groups in total. The van der Waals surface area contributed by atoms with E-state index in [9.17, 15) is 14.4 Å². The second-order valence-electron chi connectivity index (χ2n) is 2.10.